The minimum absolute atomic E-state index is 0.00670. The predicted octanol–water partition coefficient (Wildman–Crippen LogP) is 3.41. The lowest BCUT2D eigenvalue weighted by atomic mass is 9.94. The molecule has 2 rings (SSSR count). The summed E-state index contributed by atoms with van der Waals surface area (Å²) in [5.41, 5.74) is 7.90. The Morgan fingerprint density at radius 3 is 2.35 bits per heavy atom. The first-order chi connectivity index (χ1) is 9.29. The van der Waals surface area contributed by atoms with E-state index in [1.807, 2.05) is 31.2 Å². The third-order valence-corrected chi connectivity index (χ3v) is 3.74. The third kappa shape index (κ3) is 3.73. The fraction of sp³-hybridized carbons (Fsp3) is 0.600. The Kier molecular flexibility index (Phi) is 4.39. The quantitative estimate of drug-likeness (QED) is 0.898. The topological polar surface area (TPSA) is 29.3 Å². The zero-order chi connectivity index (χ0) is 14.9. The van der Waals surface area contributed by atoms with Gasteiger partial charge in [0.2, 0.25) is 0 Å². The van der Waals surface area contributed by atoms with Crippen molar-refractivity contribution < 1.29 is 13.2 Å². The first kappa shape index (κ1) is 15.3. The molecule has 0 aromatic heterocycles. The summed E-state index contributed by atoms with van der Waals surface area (Å²) in [6.07, 6.45) is -2.55. The number of alkyl halides is 3. The fourth-order valence-electron chi connectivity index (χ4n) is 2.75. The summed E-state index contributed by atoms with van der Waals surface area (Å²) in [6, 6.07) is 6.83. The van der Waals surface area contributed by atoms with Crippen LogP contribution in [0, 0.1) is 6.92 Å². The Bertz CT molecular complexity index is 453. The number of nitrogens with two attached hydrogens (primary N) is 1. The molecule has 112 valence electrons. The first-order valence-corrected chi connectivity index (χ1v) is 6.93. The van der Waals surface area contributed by atoms with Crippen molar-refractivity contribution in [1.29, 1.82) is 0 Å². The van der Waals surface area contributed by atoms with Crippen LogP contribution in [-0.4, -0.2) is 29.7 Å². The molecule has 1 saturated carbocycles. The number of halogens is 3. The summed E-state index contributed by atoms with van der Waals surface area (Å²) in [5.74, 6) is 0. The summed E-state index contributed by atoms with van der Waals surface area (Å²) >= 11 is 0. The van der Waals surface area contributed by atoms with E-state index in [4.69, 9.17) is 5.73 Å². The number of hydrogen-bond donors (Lipinski definition) is 1. The molecule has 0 aliphatic heterocycles. The van der Waals surface area contributed by atoms with Gasteiger partial charge in [0.25, 0.3) is 0 Å². The smallest absolute Gasteiger partial charge is 0.326 e. The predicted molar refractivity (Wildman–Crippen MR) is 73.4 cm³/mol. The SMILES string of the molecule is Cc1ccccc1C(C(C)N)N(CC(F)(F)F)C1CC1. The molecule has 0 radical (unpaired) electrons. The Morgan fingerprint density at radius 1 is 1.30 bits per heavy atom. The van der Waals surface area contributed by atoms with Crippen molar-refractivity contribution in [2.24, 2.45) is 5.73 Å². The van der Waals surface area contributed by atoms with Gasteiger partial charge >= 0.3 is 6.18 Å². The first-order valence-electron chi connectivity index (χ1n) is 6.93. The molecule has 1 aliphatic rings. The second-order valence-corrected chi connectivity index (χ2v) is 5.68. The summed E-state index contributed by atoms with van der Waals surface area (Å²) in [6.45, 7) is 2.81. The lowest BCUT2D eigenvalue weighted by Crippen LogP contribution is -2.45. The lowest BCUT2D eigenvalue weighted by molar-refractivity contribution is -0.153. The van der Waals surface area contributed by atoms with Crippen molar-refractivity contribution in [2.45, 2.75) is 51.0 Å². The molecule has 0 amide bonds. The van der Waals surface area contributed by atoms with E-state index in [9.17, 15) is 13.2 Å². The van der Waals surface area contributed by atoms with E-state index in [0.717, 1.165) is 24.0 Å². The van der Waals surface area contributed by atoms with Crippen LogP contribution in [0.1, 0.15) is 36.9 Å². The molecule has 1 aliphatic carbocycles. The van der Waals surface area contributed by atoms with Crippen LogP contribution in [0.25, 0.3) is 0 Å². The Morgan fingerprint density at radius 2 is 1.90 bits per heavy atom. The molecule has 20 heavy (non-hydrogen) atoms. The molecule has 5 heteroatoms. The van der Waals surface area contributed by atoms with Crippen LogP contribution < -0.4 is 5.73 Å². The van der Waals surface area contributed by atoms with Crippen molar-refractivity contribution in [3.63, 3.8) is 0 Å². The summed E-state index contributed by atoms with van der Waals surface area (Å²) in [5, 5.41) is 0. The number of hydrogen-bond acceptors (Lipinski definition) is 2. The Labute approximate surface area is 117 Å². The van der Waals surface area contributed by atoms with Gasteiger partial charge < -0.3 is 5.73 Å². The van der Waals surface area contributed by atoms with Gasteiger partial charge in [-0.1, -0.05) is 24.3 Å². The summed E-state index contributed by atoms with van der Waals surface area (Å²) in [7, 11) is 0. The maximum Gasteiger partial charge on any atom is 0.401 e. The largest absolute Gasteiger partial charge is 0.401 e. The van der Waals surface area contributed by atoms with Gasteiger partial charge in [0, 0.05) is 12.1 Å². The highest BCUT2D eigenvalue weighted by atomic mass is 19.4. The number of aryl methyl sites for hydroxylation is 1. The van der Waals surface area contributed by atoms with E-state index >= 15 is 0 Å². The van der Waals surface area contributed by atoms with Gasteiger partial charge in [-0.15, -0.1) is 0 Å². The molecule has 1 aromatic rings. The highest BCUT2D eigenvalue weighted by Crippen LogP contribution is 2.38. The summed E-state index contributed by atoms with van der Waals surface area (Å²) < 4.78 is 38.6. The van der Waals surface area contributed by atoms with Gasteiger partial charge in [-0.3, -0.25) is 4.90 Å². The second kappa shape index (κ2) is 5.74. The average Bonchev–Trinajstić information content (AvgIpc) is 3.12. The van der Waals surface area contributed by atoms with Crippen LogP contribution in [0.15, 0.2) is 24.3 Å². The second-order valence-electron chi connectivity index (χ2n) is 5.68. The molecule has 0 saturated heterocycles. The maximum absolute atomic E-state index is 12.9. The molecular formula is C15H21F3N2. The molecule has 1 aromatic carbocycles. The Hall–Kier alpha value is -1.07. The van der Waals surface area contributed by atoms with Crippen LogP contribution in [0.3, 0.4) is 0 Å². The van der Waals surface area contributed by atoms with Crippen LogP contribution in [0.4, 0.5) is 13.2 Å². The van der Waals surface area contributed by atoms with Crippen LogP contribution in [0.5, 0.6) is 0 Å². The fourth-order valence-corrected chi connectivity index (χ4v) is 2.75. The molecule has 2 atom stereocenters. The van der Waals surface area contributed by atoms with Crippen molar-refractivity contribution in [1.82, 2.24) is 4.90 Å². The number of benzene rings is 1. The molecule has 0 bridgehead atoms. The number of rotatable bonds is 5. The van der Waals surface area contributed by atoms with Gasteiger partial charge in [-0.2, -0.15) is 13.2 Å². The molecule has 0 heterocycles. The molecule has 2 nitrogen and oxygen atoms in total. The summed E-state index contributed by atoms with van der Waals surface area (Å²) in [4.78, 5) is 1.53. The van der Waals surface area contributed by atoms with E-state index in [1.54, 1.807) is 6.92 Å². The molecular weight excluding hydrogens is 265 g/mol. The molecule has 2 N–H and O–H groups in total. The third-order valence-electron chi connectivity index (χ3n) is 3.74. The maximum atomic E-state index is 12.9. The van der Waals surface area contributed by atoms with Gasteiger partial charge in [-0.25, -0.2) is 0 Å². The highest BCUT2D eigenvalue weighted by Gasteiger charge is 2.43. The van der Waals surface area contributed by atoms with E-state index in [2.05, 4.69) is 0 Å². The minimum atomic E-state index is -4.20. The van der Waals surface area contributed by atoms with Gasteiger partial charge in [0.05, 0.1) is 12.6 Å². The zero-order valence-corrected chi connectivity index (χ0v) is 11.8. The van der Waals surface area contributed by atoms with Crippen LogP contribution in [0.2, 0.25) is 0 Å². The van der Waals surface area contributed by atoms with E-state index in [1.165, 1.54) is 4.90 Å². The van der Waals surface area contributed by atoms with Gasteiger partial charge in [0.1, 0.15) is 0 Å². The molecule has 1 fully saturated rings. The van der Waals surface area contributed by atoms with Gasteiger partial charge in [-0.05, 0) is 37.8 Å². The van der Waals surface area contributed by atoms with Crippen LogP contribution in [-0.2, 0) is 0 Å². The average molecular weight is 286 g/mol. The zero-order valence-electron chi connectivity index (χ0n) is 11.8. The van der Waals surface area contributed by atoms with Crippen molar-refractivity contribution in [2.75, 3.05) is 6.54 Å². The van der Waals surface area contributed by atoms with Crippen molar-refractivity contribution in [3.8, 4) is 0 Å². The van der Waals surface area contributed by atoms with E-state index in [-0.39, 0.29) is 18.1 Å². The standard InChI is InChI=1S/C15H21F3N2/c1-10-5-3-4-6-13(10)14(11(2)19)20(12-7-8-12)9-15(16,17)18/h3-6,11-12,14H,7-9,19H2,1-2H3. The lowest BCUT2D eigenvalue weighted by Gasteiger charge is -2.36. The highest BCUT2D eigenvalue weighted by molar-refractivity contribution is 5.30. The molecule has 0 spiro atoms. The van der Waals surface area contributed by atoms with E-state index < -0.39 is 12.7 Å². The van der Waals surface area contributed by atoms with Crippen LogP contribution >= 0.6 is 0 Å². The van der Waals surface area contributed by atoms with Crippen molar-refractivity contribution in [3.05, 3.63) is 35.4 Å². The van der Waals surface area contributed by atoms with Gasteiger partial charge in [0.15, 0.2) is 0 Å². The molecule has 2 unspecified atom stereocenters. The normalized spacial score (nSPS) is 19.1. The van der Waals surface area contributed by atoms with Crippen molar-refractivity contribution >= 4 is 0 Å². The monoisotopic (exact) mass is 286 g/mol. The minimum Gasteiger partial charge on any atom is -0.326 e. The Balaban J connectivity index is 2.32. The van der Waals surface area contributed by atoms with E-state index in [0.29, 0.717) is 0 Å². The number of nitrogens with zero attached hydrogens (tertiary/aromatic N) is 1.